The van der Waals surface area contributed by atoms with Crippen molar-refractivity contribution in [3.05, 3.63) is 29.8 Å². The molecule has 19 heavy (non-hydrogen) atoms. The summed E-state index contributed by atoms with van der Waals surface area (Å²) in [6.45, 7) is 3.30. The second kappa shape index (κ2) is 5.30. The molecule has 0 aromatic heterocycles. The van der Waals surface area contributed by atoms with Gasteiger partial charge in [0.15, 0.2) is 0 Å². The quantitative estimate of drug-likeness (QED) is 0.730. The van der Waals surface area contributed by atoms with Gasteiger partial charge in [0.05, 0.1) is 0 Å². The van der Waals surface area contributed by atoms with E-state index in [1.54, 1.807) is 13.8 Å². The lowest BCUT2D eigenvalue weighted by Gasteiger charge is -2.24. The Morgan fingerprint density at radius 3 is 2.00 bits per heavy atom. The molecular weight excluding hydrogens is 274 g/mol. The zero-order valence-electron chi connectivity index (χ0n) is 10.1. The number of alkyl halides is 6. The van der Waals surface area contributed by atoms with Crippen molar-refractivity contribution in [2.75, 3.05) is 0 Å². The van der Waals surface area contributed by atoms with Gasteiger partial charge in [0.1, 0.15) is 5.75 Å². The molecule has 0 N–H and O–H groups in total. The molecule has 0 saturated heterocycles. The predicted octanol–water partition coefficient (Wildman–Crippen LogP) is 4.68. The van der Waals surface area contributed by atoms with Crippen LogP contribution in [0, 0.1) is 0 Å². The van der Waals surface area contributed by atoms with Crippen molar-refractivity contribution in [3.8, 4) is 5.75 Å². The van der Waals surface area contributed by atoms with Gasteiger partial charge in [0.25, 0.3) is 6.17 Å². The van der Waals surface area contributed by atoms with E-state index in [0.717, 1.165) is 6.07 Å². The summed E-state index contributed by atoms with van der Waals surface area (Å²) in [4.78, 5) is 0. The van der Waals surface area contributed by atoms with Crippen LogP contribution in [-0.4, -0.2) is 18.5 Å². The third-order valence-corrected chi connectivity index (χ3v) is 2.37. The van der Waals surface area contributed by atoms with Crippen LogP contribution in [0.3, 0.4) is 0 Å². The summed E-state index contributed by atoms with van der Waals surface area (Å²) in [7, 11) is 0. The Kier molecular flexibility index (Phi) is 4.37. The van der Waals surface area contributed by atoms with Gasteiger partial charge in [-0.1, -0.05) is 32.0 Å². The van der Waals surface area contributed by atoms with Crippen molar-refractivity contribution < 1.29 is 31.1 Å². The van der Waals surface area contributed by atoms with E-state index >= 15 is 0 Å². The monoisotopic (exact) mass is 286 g/mol. The molecule has 1 nitrogen and oxygen atoms in total. The molecule has 1 aromatic rings. The zero-order valence-corrected chi connectivity index (χ0v) is 10.1. The number of para-hydroxylation sites is 1. The highest BCUT2D eigenvalue weighted by Crippen LogP contribution is 2.38. The van der Waals surface area contributed by atoms with Crippen LogP contribution in [0.25, 0.3) is 0 Å². The Hall–Kier alpha value is -1.40. The predicted molar refractivity (Wildman–Crippen MR) is 57.1 cm³/mol. The first-order valence-corrected chi connectivity index (χ1v) is 5.42. The van der Waals surface area contributed by atoms with E-state index in [-0.39, 0.29) is 11.5 Å². The second-order valence-electron chi connectivity index (χ2n) is 4.26. The first kappa shape index (κ1) is 15.7. The van der Waals surface area contributed by atoms with Crippen molar-refractivity contribution in [3.63, 3.8) is 0 Å². The second-order valence-corrected chi connectivity index (χ2v) is 4.26. The van der Waals surface area contributed by atoms with Crippen molar-refractivity contribution in [2.24, 2.45) is 0 Å². The molecule has 0 unspecified atom stereocenters. The molecule has 108 valence electrons. The Morgan fingerprint density at radius 1 is 1.00 bits per heavy atom. The highest BCUT2D eigenvalue weighted by atomic mass is 19.4. The van der Waals surface area contributed by atoms with E-state index in [9.17, 15) is 26.3 Å². The lowest BCUT2D eigenvalue weighted by atomic mass is 10.0. The Balaban J connectivity index is 3.02. The molecule has 0 bridgehead atoms. The van der Waals surface area contributed by atoms with Gasteiger partial charge >= 0.3 is 12.3 Å². The van der Waals surface area contributed by atoms with Gasteiger partial charge < -0.3 is 4.74 Å². The summed E-state index contributed by atoms with van der Waals surface area (Å²) in [6, 6.07) is 5.35. The van der Waals surface area contributed by atoms with Gasteiger partial charge in [-0.15, -0.1) is 0 Å². The van der Waals surface area contributed by atoms with Crippen molar-refractivity contribution in [2.45, 2.75) is 38.2 Å². The van der Waals surface area contributed by atoms with Gasteiger partial charge in [-0.2, -0.15) is 22.0 Å². The van der Waals surface area contributed by atoms with Crippen LogP contribution in [0.15, 0.2) is 24.3 Å². The van der Waals surface area contributed by atoms with Crippen molar-refractivity contribution >= 4 is 0 Å². The number of benzene rings is 1. The standard InChI is InChI=1S/C12H12F6O/c1-7(2)8-5-3-4-6-9(8)19-12(17,18)10(13)11(14,15)16/h3-7,10H,1-2H3/t10-/m0/s1. The average molecular weight is 286 g/mol. The summed E-state index contributed by atoms with van der Waals surface area (Å²) < 4.78 is 78.8. The van der Waals surface area contributed by atoms with Crippen molar-refractivity contribution in [1.29, 1.82) is 0 Å². The summed E-state index contributed by atoms with van der Waals surface area (Å²) in [5.74, 6) is -0.717. The molecule has 7 heteroatoms. The lowest BCUT2D eigenvalue weighted by Crippen LogP contribution is -2.45. The van der Waals surface area contributed by atoms with Crippen LogP contribution in [-0.2, 0) is 0 Å². The largest absolute Gasteiger partial charge is 0.439 e. The van der Waals surface area contributed by atoms with Gasteiger partial charge in [-0.05, 0) is 17.5 Å². The van der Waals surface area contributed by atoms with Crippen LogP contribution in [0.2, 0.25) is 0 Å². The first-order valence-electron chi connectivity index (χ1n) is 5.42. The molecule has 0 saturated carbocycles. The van der Waals surface area contributed by atoms with Gasteiger partial charge in [0.2, 0.25) is 0 Å². The molecule has 0 amide bonds. The minimum atomic E-state index is -5.68. The van der Waals surface area contributed by atoms with Crippen LogP contribution in [0.4, 0.5) is 26.3 Å². The van der Waals surface area contributed by atoms with Gasteiger partial charge in [-0.25, -0.2) is 4.39 Å². The van der Waals surface area contributed by atoms with Gasteiger partial charge in [-0.3, -0.25) is 0 Å². The maximum atomic E-state index is 13.1. The maximum absolute atomic E-state index is 13.1. The fourth-order valence-electron chi connectivity index (χ4n) is 1.44. The molecule has 1 atom stereocenters. The van der Waals surface area contributed by atoms with E-state index in [2.05, 4.69) is 4.74 Å². The molecule has 1 rings (SSSR count). The normalized spacial score (nSPS) is 14.6. The molecule has 0 spiro atoms. The number of hydrogen-bond acceptors (Lipinski definition) is 1. The smallest absolute Gasteiger partial charge is 0.430 e. The number of hydrogen-bond donors (Lipinski definition) is 0. The molecule has 0 radical (unpaired) electrons. The highest BCUT2D eigenvalue weighted by molar-refractivity contribution is 5.35. The van der Waals surface area contributed by atoms with Crippen LogP contribution in [0.1, 0.15) is 25.3 Å². The highest BCUT2D eigenvalue weighted by Gasteiger charge is 2.59. The molecular formula is C12H12F6O. The van der Waals surface area contributed by atoms with Crippen LogP contribution < -0.4 is 4.74 Å². The number of halogens is 6. The molecule has 1 aromatic carbocycles. The summed E-state index contributed by atoms with van der Waals surface area (Å²) in [5.41, 5.74) is 0.275. The van der Waals surface area contributed by atoms with E-state index in [1.807, 2.05) is 0 Å². The van der Waals surface area contributed by atoms with Crippen LogP contribution in [0.5, 0.6) is 5.75 Å². The van der Waals surface area contributed by atoms with E-state index in [1.165, 1.54) is 18.2 Å². The fourth-order valence-corrected chi connectivity index (χ4v) is 1.44. The third-order valence-electron chi connectivity index (χ3n) is 2.37. The Labute approximate surface area is 106 Å². The first-order chi connectivity index (χ1) is 8.55. The summed E-state index contributed by atoms with van der Waals surface area (Å²) in [5, 5.41) is 0. The summed E-state index contributed by atoms with van der Waals surface area (Å²) in [6.07, 6.45) is -15.0. The van der Waals surface area contributed by atoms with E-state index < -0.39 is 24.2 Å². The molecule has 0 aliphatic rings. The van der Waals surface area contributed by atoms with E-state index in [4.69, 9.17) is 0 Å². The number of rotatable bonds is 4. The molecule has 0 fully saturated rings. The van der Waals surface area contributed by atoms with Gasteiger partial charge in [0, 0.05) is 0 Å². The molecule has 0 heterocycles. The van der Waals surface area contributed by atoms with Crippen molar-refractivity contribution in [1.82, 2.24) is 0 Å². The Bertz CT molecular complexity index is 426. The zero-order chi connectivity index (χ0) is 14.8. The minimum Gasteiger partial charge on any atom is -0.430 e. The SMILES string of the molecule is CC(C)c1ccccc1OC(F)(F)[C@@H](F)C(F)(F)F. The third kappa shape index (κ3) is 3.78. The lowest BCUT2D eigenvalue weighted by molar-refractivity contribution is -0.305. The fraction of sp³-hybridized carbons (Fsp3) is 0.500. The maximum Gasteiger partial charge on any atom is 0.439 e. The summed E-state index contributed by atoms with van der Waals surface area (Å²) >= 11 is 0. The topological polar surface area (TPSA) is 9.23 Å². The minimum absolute atomic E-state index is 0.254. The molecule has 0 aliphatic carbocycles. The van der Waals surface area contributed by atoms with Crippen LogP contribution >= 0.6 is 0 Å². The molecule has 0 aliphatic heterocycles. The van der Waals surface area contributed by atoms with E-state index in [0.29, 0.717) is 0 Å². The number of ether oxygens (including phenoxy) is 1. The average Bonchev–Trinajstić information content (AvgIpc) is 2.26. The Morgan fingerprint density at radius 2 is 1.53 bits per heavy atom.